The maximum absolute atomic E-state index is 10.6. The van der Waals surface area contributed by atoms with Gasteiger partial charge in [-0.2, -0.15) is 0 Å². The topological polar surface area (TPSA) is 68.1 Å². The van der Waals surface area contributed by atoms with Crippen molar-refractivity contribution >= 4 is 28.6 Å². The Kier molecular flexibility index (Phi) is 3.49. The van der Waals surface area contributed by atoms with Crippen LogP contribution in [-0.2, 0) is 0 Å². The molecule has 0 aliphatic rings. The van der Waals surface area contributed by atoms with E-state index in [1.165, 1.54) is 11.3 Å². The van der Waals surface area contributed by atoms with E-state index in [1.807, 2.05) is 6.07 Å². The highest BCUT2D eigenvalue weighted by molar-refractivity contribution is 7.13. The second-order valence-electron chi connectivity index (χ2n) is 3.88. The molecular weight excluding hydrogens is 296 g/mol. The minimum atomic E-state index is 0.185. The number of aromatic nitrogens is 3. The lowest BCUT2D eigenvalue weighted by atomic mass is 10.1. The van der Waals surface area contributed by atoms with E-state index in [9.17, 15) is 4.91 Å². The first-order valence-corrected chi connectivity index (χ1v) is 6.90. The summed E-state index contributed by atoms with van der Waals surface area (Å²) in [5.74, 6) is 0. The Labute approximate surface area is 123 Å². The van der Waals surface area contributed by atoms with Gasteiger partial charge in [0.05, 0.1) is 21.8 Å². The van der Waals surface area contributed by atoms with Gasteiger partial charge in [-0.15, -0.1) is 16.2 Å². The van der Waals surface area contributed by atoms with Crippen molar-refractivity contribution in [1.82, 2.24) is 15.0 Å². The summed E-state index contributed by atoms with van der Waals surface area (Å²) in [7, 11) is 0. The number of benzene rings is 1. The second-order valence-corrected chi connectivity index (χ2v) is 5.08. The molecule has 3 rings (SSSR count). The minimum absolute atomic E-state index is 0.185. The highest BCUT2D eigenvalue weighted by atomic mass is 35.5. The summed E-state index contributed by atoms with van der Waals surface area (Å²) in [4.78, 5) is 23.9. The molecule has 7 heteroatoms. The lowest BCUT2D eigenvalue weighted by Crippen LogP contribution is -1.87. The summed E-state index contributed by atoms with van der Waals surface area (Å²) in [5.41, 5.74) is 4.35. The molecule has 0 spiro atoms. The lowest BCUT2D eigenvalue weighted by molar-refractivity contribution is 1.18. The number of thiazole rings is 1. The van der Waals surface area contributed by atoms with E-state index in [-0.39, 0.29) is 5.28 Å². The molecule has 0 bridgehead atoms. The maximum atomic E-state index is 10.6. The van der Waals surface area contributed by atoms with Crippen molar-refractivity contribution in [3.8, 4) is 21.8 Å². The van der Waals surface area contributed by atoms with Gasteiger partial charge in [0, 0.05) is 11.8 Å². The van der Waals surface area contributed by atoms with Crippen LogP contribution in [0.25, 0.3) is 21.8 Å². The first-order valence-electron chi connectivity index (χ1n) is 5.64. The van der Waals surface area contributed by atoms with Gasteiger partial charge in [0.1, 0.15) is 5.69 Å². The Bertz CT molecular complexity index is 774. The van der Waals surface area contributed by atoms with Gasteiger partial charge in [0.15, 0.2) is 0 Å². The Balaban J connectivity index is 2.12. The van der Waals surface area contributed by atoms with Crippen LogP contribution in [0.3, 0.4) is 0 Å². The molecule has 0 saturated carbocycles. The molecule has 0 saturated heterocycles. The Morgan fingerprint density at radius 2 is 2.10 bits per heavy atom. The zero-order valence-corrected chi connectivity index (χ0v) is 11.6. The molecule has 3 aromatic rings. The van der Waals surface area contributed by atoms with Crippen LogP contribution in [0.4, 0.5) is 5.69 Å². The summed E-state index contributed by atoms with van der Waals surface area (Å²) in [6, 6.07) is 8.74. The molecule has 0 unspecified atom stereocenters. The van der Waals surface area contributed by atoms with E-state index in [1.54, 1.807) is 36.0 Å². The van der Waals surface area contributed by atoms with Crippen molar-refractivity contribution in [3.05, 3.63) is 52.2 Å². The fourth-order valence-corrected chi connectivity index (χ4v) is 2.73. The fraction of sp³-hybridized carbons (Fsp3) is 0. The predicted octanol–water partition coefficient (Wildman–Crippen LogP) is 4.32. The van der Waals surface area contributed by atoms with Gasteiger partial charge in [-0.05, 0) is 35.0 Å². The molecule has 0 amide bonds. The summed E-state index contributed by atoms with van der Waals surface area (Å²) in [6.07, 6.45) is 1.59. The van der Waals surface area contributed by atoms with E-state index in [0.29, 0.717) is 11.4 Å². The van der Waals surface area contributed by atoms with E-state index in [0.717, 1.165) is 16.1 Å². The average molecular weight is 303 g/mol. The standard InChI is InChI=1S/C13H7ClN4OS/c14-13-15-5-4-10(17-13)12-11(16-7-20-12)8-2-1-3-9(6-8)18-19/h1-7H. The van der Waals surface area contributed by atoms with Crippen molar-refractivity contribution in [2.24, 2.45) is 5.18 Å². The van der Waals surface area contributed by atoms with Crippen molar-refractivity contribution in [1.29, 1.82) is 0 Å². The van der Waals surface area contributed by atoms with Gasteiger partial charge < -0.3 is 0 Å². The van der Waals surface area contributed by atoms with Crippen LogP contribution in [0, 0.1) is 4.91 Å². The van der Waals surface area contributed by atoms with E-state index < -0.39 is 0 Å². The molecule has 0 aliphatic heterocycles. The highest BCUT2D eigenvalue weighted by Gasteiger charge is 2.13. The first kappa shape index (κ1) is 12.8. The van der Waals surface area contributed by atoms with Gasteiger partial charge in [-0.25, -0.2) is 15.0 Å². The molecule has 0 N–H and O–H groups in total. The van der Waals surface area contributed by atoms with Crippen LogP contribution < -0.4 is 0 Å². The number of nitroso groups, excluding NO2 is 1. The molecule has 0 aliphatic carbocycles. The SMILES string of the molecule is O=Nc1cccc(-c2ncsc2-c2ccnc(Cl)n2)c1. The largest absolute Gasteiger partial charge is 0.244 e. The summed E-state index contributed by atoms with van der Waals surface area (Å²) >= 11 is 7.26. The Hall–Kier alpha value is -2.18. The molecule has 1 aromatic carbocycles. The number of hydrogen-bond acceptors (Lipinski definition) is 6. The molecule has 0 radical (unpaired) electrons. The molecular formula is C13H7ClN4OS. The zero-order chi connectivity index (χ0) is 13.9. The Morgan fingerprint density at radius 3 is 2.90 bits per heavy atom. The second kappa shape index (κ2) is 5.44. The van der Waals surface area contributed by atoms with E-state index in [4.69, 9.17) is 11.6 Å². The summed E-state index contributed by atoms with van der Waals surface area (Å²) < 4.78 is 0. The smallest absolute Gasteiger partial charge is 0.222 e. The van der Waals surface area contributed by atoms with Gasteiger partial charge >= 0.3 is 0 Å². The molecule has 2 aromatic heterocycles. The van der Waals surface area contributed by atoms with Gasteiger partial charge in [0.2, 0.25) is 5.28 Å². The average Bonchev–Trinajstić information content (AvgIpc) is 2.97. The quantitative estimate of drug-likeness (QED) is 0.534. The van der Waals surface area contributed by atoms with Crippen molar-refractivity contribution < 1.29 is 0 Å². The van der Waals surface area contributed by atoms with Gasteiger partial charge in [-0.3, -0.25) is 0 Å². The highest BCUT2D eigenvalue weighted by Crippen LogP contribution is 2.34. The molecule has 98 valence electrons. The molecule has 5 nitrogen and oxygen atoms in total. The van der Waals surface area contributed by atoms with E-state index in [2.05, 4.69) is 20.1 Å². The van der Waals surface area contributed by atoms with Crippen LogP contribution in [0.2, 0.25) is 5.28 Å². The maximum Gasteiger partial charge on any atom is 0.222 e. The Morgan fingerprint density at radius 1 is 1.20 bits per heavy atom. The number of rotatable bonds is 3. The first-order chi connectivity index (χ1) is 9.78. The third-order valence-corrected chi connectivity index (χ3v) is 3.68. The molecule has 0 atom stereocenters. The molecule has 2 heterocycles. The predicted molar refractivity (Wildman–Crippen MR) is 79.0 cm³/mol. The number of hydrogen-bond donors (Lipinski definition) is 0. The number of halogens is 1. The van der Waals surface area contributed by atoms with Crippen molar-refractivity contribution in [3.63, 3.8) is 0 Å². The van der Waals surface area contributed by atoms with Gasteiger partial charge in [0.25, 0.3) is 0 Å². The van der Waals surface area contributed by atoms with Crippen molar-refractivity contribution in [2.75, 3.05) is 0 Å². The minimum Gasteiger partial charge on any atom is -0.244 e. The van der Waals surface area contributed by atoms with Crippen LogP contribution >= 0.6 is 22.9 Å². The van der Waals surface area contributed by atoms with Crippen LogP contribution in [-0.4, -0.2) is 15.0 Å². The monoisotopic (exact) mass is 302 g/mol. The third-order valence-electron chi connectivity index (χ3n) is 2.65. The normalized spacial score (nSPS) is 10.4. The summed E-state index contributed by atoms with van der Waals surface area (Å²) in [6.45, 7) is 0. The third kappa shape index (κ3) is 2.43. The van der Waals surface area contributed by atoms with Gasteiger partial charge in [-0.1, -0.05) is 12.1 Å². The van der Waals surface area contributed by atoms with Crippen LogP contribution in [0.1, 0.15) is 0 Å². The molecule has 20 heavy (non-hydrogen) atoms. The van der Waals surface area contributed by atoms with Crippen molar-refractivity contribution in [2.45, 2.75) is 0 Å². The van der Waals surface area contributed by atoms with E-state index >= 15 is 0 Å². The fourth-order valence-electron chi connectivity index (χ4n) is 1.80. The molecule has 0 fully saturated rings. The van der Waals surface area contributed by atoms with Crippen LogP contribution in [0.5, 0.6) is 0 Å². The lowest BCUT2D eigenvalue weighted by Gasteiger charge is -2.02. The van der Waals surface area contributed by atoms with Crippen LogP contribution in [0.15, 0.2) is 47.2 Å². The zero-order valence-electron chi connectivity index (χ0n) is 10.0. The number of nitrogens with zero attached hydrogens (tertiary/aromatic N) is 4. The summed E-state index contributed by atoms with van der Waals surface area (Å²) in [5, 5.41) is 3.12.